The fraction of sp³-hybridized carbons (Fsp3) is 0.140. The average Bonchev–Trinajstić information content (AvgIpc) is 3.53. The third kappa shape index (κ3) is 12.0. The van der Waals surface area contributed by atoms with Crippen molar-refractivity contribution < 1.29 is 26.2 Å². The Morgan fingerprint density at radius 1 is 0.596 bits per heavy atom. The van der Waals surface area contributed by atoms with Crippen LogP contribution in [0.3, 0.4) is 0 Å². The maximum Gasteiger partial charge on any atom is 4.00 e. The van der Waals surface area contributed by atoms with Gasteiger partial charge in [0, 0.05) is 6.21 Å². The minimum atomic E-state index is -0.0560. The van der Waals surface area contributed by atoms with E-state index in [2.05, 4.69) is 108 Å². The van der Waals surface area contributed by atoms with Gasteiger partial charge in [0.15, 0.2) is 0 Å². The van der Waals surface area contributed by atoms with Crippen LogP contribution < -0.4 is 4.98 Å². The van der Waals surface area contributed by atoms with Crippen LogP contribution in [0.2, 0.25) is 0 Å². The molecular formula is C43H43N3Zr. The van der Waals surface area contributed by atoms with Crippen molar-refractivity contribution in [1.82, 2.24) is 4.98 Å². The number of para-hydroxylation sites is 2. The number of hydrogen-bond donors (Lipinski definition) is 0. The number of aromatic nitrogens is 1. The van der Waals surface area contributed by atoms with Crippen LogP contribution in [-0.4, -0.2) is 6.21 Å². The molecule has 0 spiro atoms. The van der Waals surface area contributed by atoms with E-state index in [1.165, 1.54) is 27.8 Å². The van der Waals surface area contributed by atoms with Gasteiger partial charge in [0.1, 0.15) is 0 Å². The minimum absolute atomic E-state index is 0. The van der Waals surface area contributed by atoms with Crippen LogP contribution in [0.25, 0.3) is 5.32 Å². The molecule has 1 unspecified atom stereocenters. The van der Waals surface area contributed by atoms with Crippen LogP contribution in [0.1, 0.15) is 56.4 Å². The van der Waals surface area contributed by atoms with Gasteiger partial charge in [-0.05, 0) is 50.8 Å². The molecular weight excluding hydrogens is 650 g/mol. The summed E-state index contributed by atoms with van der Waals surface area (Å²) >= 11 is 0. The summed E-state index contributed by atoms with van der Waals surface area (Å²) in [6.07, 6.45) is 2.66. The Kier molecular flexibility index (Phi) is 15.1. The SMILES string of the molecule is Cc1cccc(C)c1N=Cc1ccc(C(Cc2ccccc2)[N-]c2c(C)cccc2C)[n-]1.[CH2-]c1ccccc1.[CH2-]c1ccccc1.[Zr+4]. The van der Waals surface area contributed by atoms with Crippen molar-refractivity contribution in [2.45, 2.75) is 40.2 Å². The summed E-state index contributed by atoms with van der Waals surface area (Å²) in [5, 5.41) is 5.18. The Morgan fingerprint density at radius 3 is 1.53 bits per heavy atom. The molecule has 1 aromatic heterocycles. The molecule has 1 atom stereocenters. The summed E-state index contributed by atoms with van der Waals surface area (Å²) in [5.74, 6) is 0. The largest absolute Gasteiger partial charge is 4.00 e. The van der Waals surface area contributed by atoms with Crippen LogP contribution in [0, 0.1) is 41.5 Å². The zero-order chi connectivity index (χ0) is 32.7. The first-order valence-electron chi connectivity index (χ1n) is 15.6. The van der Waals surface area contributed by atoms with E-state index in [-0.39, 0.29) is 32.2 Å². The van der Waals surface area contributed by atoms with Gasteiger partial charge in [-0.25, -0.2) is 0 Å². The molecule has 0 fully saturated rings. The first kappa shape index (κ1) is 36.9. The van der Waals surface area contributed by atoms with Crippen LogP contribution >= 0.6 is 0 Å². The molecule has 234 valence electrons. The second kappa shape index (κ2) is 19.2. The number of aryl methyl sites for hydroxylation is 4. The van der Waals surface area contributed by atoms with E-state index in [4.69, 9.17) is 15.3 Å². The molecule has 3 nitrogen and oxygen atoms in total. The second-order valence-corrected chi connectivity index (χ2v) is 11.3. The van der Waals surface area contributed by atoms with Gasteiger partial charge in [0.25, 0.3) is 0 Å². The minimum Gasteiger partial charge on any atom is -0.679 e. The van der Waals surface area contributed by atoms with Crippen molar-refractivity contribution in [2.24, 2.45) is 4.99 Å². The van der Waals surface area contributed by atoms with Crippen molar-refractivity contribution in [3.8, 4) is 0 Å². The van der Waals surface area contributed by atoms with Crippen LogP contribution in [-0.2, 0) is 32.6 Å². The Balaban J connectivity index is 0.000000329. The van der Waals surface area contributed by atoms with Gasteiger partial charge in [-0.1, -0.05) is 102 Å². The summed E-state index contributed by atoms with van der Waals surface area (Å²) in [6.45, 7) is 15.8. The molecule has 0 bridgehead atoms. The Labute approximate surface area is 301 Å². The molecule has 47 heavy (non-hydrogen) atoms. The number of benzene rings is 5. The van der Waals surface area contributed by atoms with E-state index in [0.717, 1.165) is 40.3 Å². The van der Waals surface area contributed by atoms with Crippen molar-refractivity contribution >= 4 is 17.6 Å². The Morgan fingerprint density at radius 2 is 1.06 bits per heavy atom. The second-order valence-electron chi connectivity index (χ2n) is 11.3. The summed E-state index contributed by atoms with van der Waals surface area (Å²) in [5.41, 5.74) is 12.0. The molecule has 0 amide bonds. The number of nitrogens with zero attached hydrogens (tertiary/aromatic N) is 3. The van der Waals surface area contributed by atoms with Gasteiger partial charge < -0.3 is 10.3 Å². The topological polar surface area (TPSA) is 40.6 Å². The molecule has 0 aliphatic heterocycles. The van der Waals surface area contributed by atoms with E-state index < -0.39 is 0 Å². The van der Waals surface area contributed by atoms with Gasteiger partial charge >= 0.3 is 26.2 Å². The fourth-order valence-electron chi connectivity index (χ4n) is 4.97. The van der Waals surface area contributed by atoms with E-state index in [9.17, 15) is 0 Å². The van der Waals surface area contributed by atoms with Gasteiger partial charge in [0.2, 0.25) is 0 Å². The molecule has 0 saturated carbocycles. The molecule has 0 saturated heterocycles. The van der Waals surface area contributed by atoms with Gasteiger partial charge in [-0.15, -0.1) is 41.7 Å². The van der Waals surface area contributed by atoms with E-state index in [0.29, 0.717) is 0 Å². The fourth-order valence-corrected chi connectivity index (χ4v) is 4.97. The number of hydrogen-bond acceptors (Lipinski definition) is 1. The van der Waals surface area contributed by atoms with Crippen LogP contribution in [0.15, 0.2) is 145 Å². The molecule has 0 aliphatic carbocycles. The monoisotopic (exact) mass is 691 g/mol. The molecule has 0 N–H and O–H groups in total. The van der Waals surface area contributed by atoms with Crippen molar-refractivity contribution in [1.29, 1.82) is 0 Å². The van der Waals surface area contributed by atoms with Gasteiger partial charge in [-0.2, -0.15) is 54.9 Å². The first-order valence-corrected chi connectivity index (χ1v) is 15.6. The zero-order valence-electron chi connectivity index (χ0n) is 27.9. The van der Waals surface area contributed by atoms with Crippen molar-refractivity contribution in [3.63, 3.8) is 0 Å². The molecule has 5 aromatic carbocycles. The maximum atomic E-state index is 5.18. The number of aliphatic imine (C=N–C) groups is 1. The molecule has 0 radical (unpaired) electrons. The van der Waals surface area contributed by atoms with E-state index in [1.807, 2.05) is 79.0 Å². The molecule has 1 heterocycles. The van der Waals surface area contributed by atoms with E-state index >= 15 is 0 Å². The molecule has 4 heteroatoms. The molecule has 6 aromatic rings. The number of rotatable bonds is 7. The zero-order valence-corrected chi connectivity index (χ0v) is 30.4. The van der Waals surface area contributed by atoms with Crippen LogP contribution in [0.4, 0.5) is 11.4 Å². The molecule has 6 rings (SSSR count). The summed E-state index contributed by atoms with van der Waals surface area (Å²) in [6, 6.07) is 46.9. The van der Waals surface area contributed by atoms with Gasteiger partial charge in [0.05, 0.1) is 5.69 Å². The Hall–Kier alpha value is -4.53. The third-order valence-corrected chi connectivity index (χ3v) is 7.47. The van der Waals surface area contributed by atoms with Crippen LogP contribution in [0.5, 0.6) is 0 Å². The first-order chi connectivity index (χ1) is 22.3. The summed E-state index contributed by atoms with van der Waals surface area (Å²) in [7, 11) is 0. The van der Waals surface area contributed by atoms with Crippen molar-refractivity contribution in [2.75, 3.05) is 0 Å². The van der Waals surface area contributed by atoms with Crippen molar-refractivity contribution in [3.05, 3.63) is 209 Å². The molecule has 0 aliphatic rings. The van der Waals surface area contributed by atoms with Gasteiger partial charge in [-0.3, -0.25) is 4.99 Å². The Bertz CT molecular complexity index is 1710. The quantitative estimate of drug-likeness (QED) is 0.121. The standard InChI is InChI=1S/C29H29N3.2C7H7.Zr/c1-20-10-8-11-21(2)28(20)30-19-25-16-17-26(31-25)27(18-24-14-6-5-7-15-24)32-29-22(3)12-9-13-23(29)4;2*1-7-5-3-2-4-6-7;/h5-17,19,27H,18H2,1-4H3;2*2-6H,1H2;/q-2;2*-1;+4. The summed E-state index contributed by atoms with van der Waals surface area (Å²) in [4.78, 5) is 9.62. The third-order valence-electron chi connectivity index (χ3n) is 7.47. The van der Waals surface area contributed by atoms with E-state index in [1.54, 1.807) is 0 Å². The average molecular weight is 693 g/mol. The predicted octanol–water partition coefficient (Wildman–Crippen LogP) is 11.4. The summed E-state index contributed by atoms with van der Waals surface area (Å²) < 4.78 is 0. The smallest absolute Gasteiger partial charge is 0.679 e. The maximum absolute atomic E-state index is 5.18. The predicted molar refractivity (Wildman–Crippen MR) is 197 cm³/mol. The normalized spacial score (nSPS) is 10.9.